The minimum Gasteiger partial charge on any atom is -0.493 e. The minimum absolute atomic E-state index is 0.197. The summed E-state index contributed by atoms with van der Waals surface area (Å²) in [5.74, 6) is 1.44. The summed E-state index contributed by atoms with van der Waals surface area (Å²) < 4.78 is 41.7. The fraction of sp³-hybridized carbons (Fsp3) is 0.462. The lowest BCUT2D eigenvalue weighted by atomic mass is 9.94. The molecule has 8 nitrogen and oxygen atoms in total. The van der Waals surface area contributed by atoms with Crippen LogP contribution in [0.2, 0.25) is 0 Å². The van der Waals surface area contributed by atoms with Crippen molar-refractivity contribution in [3.63, 3.8) is 0 Å². The van der Waals surface area contributed by atoms with Crippen molar-refractivity contribution in [2.75, 3.05) is 27.3 Å². The summed E-state index contributed by atoms with van der Waals surface area (Å²) in [4.78, 5) is 18.2. The summed E-state index contributed by atoms with van der Waals surface area (Å²) >= 11 is 1.40. The number of ether oxygens (including phenoxy) is 2. The Kier molecular flexibility index (Phi) is 7.87. The second kappa shape index (κ2) is 10.7. The highest BCUT2D eigenvalue weighted by Gasteiger charge is 2.31. The second-order valence-corrected chi connectivity index (χ2v) is 12.4. The first-order valence-corrected chi connectivity index (χ1v) is 14.4. The smallest absolute Gasteiger partial charge is 0.279 e. The Hall–Kier alpha value is -2.69. The normalized spacial score (nSPS) is 19.5. The quantitative estimate of drug-likeness (QED) is 0.447. The van der Waals surface area contributed by atoms with E-state index in [9.17, 15) is 13.2 Å². The number of thiazole rings is 1. The highest BCUT2D eigenvalue weighted by Crippen LogP contribution is 2.33. The molecule has 2 heterocycles. The molecule has 36 heavy (non-hydrogen) atoms. The van der Waals surface area contributed by atoms with Crippen LogP contribution >= 0.6 is 11.3 Å². The maximum Gasteiger partial charge on any atom is 0.279 e. The van der Waals surface area contributed by atoms with Gasteiger partial charge in [0.1, 0.15) is 0 Å². The lowest BCUT2D eigenvalue weighted by Gasteiger charge is -2.34. The molecule has 0 aliphatic carbocycles. The van der Waals surface area contributed by atoms with E-state index in [1.165, 1.54) is 23.5 Å². The summed E-state index contributed by atoms with van der Waals surface area (Å²) in [6.07, 6.45) is 1.89. The SMILES string of the molecule is CCCn1c(=NC(=O)c2ccc(S(=O)(=O)N3CC(C)CC(C)C3)cc2)sc2cc(OC)c(OC)cc21. The number of benzene rings is 2. The van der Waals surface area contributed by atoms with Crippen LogP contribution in [0, 0.1) is 11.8 Å². The van der Waals surface area contributed by atoms with Crippen molar-refractivity contribution in [2.24, 2.45) is 16.8 Å². The van der Waals surface area contributed by atoms with Crippen molar-refractivity contribution in [3.8, 4) is 11.5 Å². The third kappa shape index (κ3) is 5.21. The van der Waals surface area contributed by atoms with Gasteiger partial charge in [-0.05, 0) is 48.9 Å². The van der Waals surface area contributed by atoms with Crippen molar-refractivity contribution in [2.45, 2.75) is 45.1 Å². The molecule has 1 aromatic heterocycles. The molecule has 2 atom stereocenters. The fourth-order valence-electron chi connectivity index (χ4n) is 4.79. The molecule has 4 rings (SSSR count). The second-order valence-electron chi connectivity index (χ2n) is 9.42. The summed E-state index contributed by atoms with van der Waals surface area (Å²) in [5, 5.41) is 0. The highest BCUT2D eigenvalue weighted by atomic mass is 32.2. The molecular formula is C26H33N3O5S2. The van der Waals surface area contributed by atoms with Crippen molar-refractivity contribution in [1.82, 2.24) is 8.87 Å². The first-order valence-electron chi connectivity index (χ1n) is 12.1. The zero-order valence-electron chi connectivity index (χ0n) is 21.4. The monoisotopic (exact) mass is 531 g/mol. The van der Waals surface area contributed by atoms with E-state index in [0.29, 0.717) is 53.3 Å². The predicted octanol–water partition coefficient (Wildman–Crippen LogP) is 4.54. The van der Waals surface area contributed by atoms with Crippen LogP contribution in [0.5, 0.6) is 11.5 Å². The molecule has 194 valence electrons. The van der Waals surface area contributed by atoms with Gasteiger partial charge in [-0.3, -0.25) is 4.79 Å². The van der Waals surface area contributed by atoms with Gasteiger partial charge in [0, 0.05) is 37.3 Å². The lowest BCUT2D eigenvalue weighted by Crippen LogP contribution is -2.42. The maximum atomic E-state index is 13.2. The number of hydrogen-bond acceptors (Lipinski definition) is 6. The van der Waals surface area contributed by atoms with E-state index in [1.54, 1.807) is 30.7 Å². The van der Waals surface area contributed by atoms with Crippen molar-refractivity contribution >= 4 is 37.5 Å². The molecule has 2 aromatic carbocycles. The fourth-order valence-corrected chi connectivity index (χ4v) is 7.54. The number of piperidine rings is 1. The average Bonchev–Trinajstić information content (AvgIpc) is 3.18. The number of carbonyl (C=O) groups is 1. The number of sulfonamides is 1. The zero-order valence-corrected chi connectivity index (χ0v) is 23.0. The van der Waals surface area contributed by atoms with Crippen molar-refractivity contribution < 1.29 is 22.7 Å². The number of rotatable bonds is 7. The summed E-state index contributed by atoms with van der Waals surface area (Å²) in [6, 6.07) is 9.87. The molecule has 0 N–H and O–H groups in total. The van der Waals surface area contributed by atoms with Crippen molar-refractivity contribution in [3.05, 3.63) is 46.8 Å². The van der Waals surface area contributed by atoms with E-state index >= 15 is 0 Å². The van der Waals surface area contributed by atoms with Crippen LogP contribution in [0.4, 0.5) is 0 Å². The van der Waals surface area contributed by atoms with Crippen LogP contribution in [0.15, 0.2) is 46.3 Å². The Balaban J connectivity index is 1.66. The number of fused-ring (bicyclic) bond motifs is 1. The molecule has 0 bridgehead atoms. The highest BCUT2D eigenvalue weighted by molar-refractivity contribution is 7.89. The zero-order chi connectivity index (χ0) is 26.0. The molecule has 0 radical (unpaired) electrons. The van der Waals surface area contributed by atoms with E-state index in [1.807, 2.05) is 16.7 Å². The number of aromatic nitrogens is 1. The van der Waals surface area contributed by atoms with Gasteiger partial charge in [-0.25, -0.2) is 8.42 Å². The Morgan fingerprint density at radius 3 is 2.25 bits per heavy atom. The number of nitrogens with zero attached hydrogens (tertiary/aromatic N) is 3. The molecule has 0 spiro atoms. The van der Waals surface area contributed by atoms with Gasteiger partial charge in [0.05, 0.1) is 29.3 Å². The Morgan fingerprint density at radius 2 is 1.67 bits per heavy atom. The van der Waals surface area contributed by atoms with Gasteiger partial charge in [-0.2, -0.15) is 9.30 Å². The molecule has 1 aliphatic rings. The summed E-state index contributed by atoms with van der Waals surface area (Å²) in [5.41, 5.74) is 1.25. The van der Waals surface area contributed by atoms with E-state index in [0.717, 1.165) is 23.1 Å². The third-order valence-corrected chi connectivity index (χ3v) is 9.29. The van der Waals surface area contributed by atoms with Gasteiger partial charge < -0.3 is 14.0 Å². The molecular weight excluding hydrogens is 498 g/mol. The number of amides is 1. The number of hydrogen-bond donors (Lipinski definition) is 0. The van der Waals surface area contributed by atoms with E-state index in [-0.39, 0.29) is 4.90 Å². The van der Waals surface area contributed by atoms with E-state index < -0.39 is 15.9 Å². The van der Waals surface area contributed by atoms with Crippen LogP contribution in [-0.4, -0.2) is 50.5 Å². The largest absolute Gasteiger partial charge is 0.493 e. The van der Waals surface area contributed by atoms with Gasteiger partial charge in [-0.15, -0.1) is 0 Å². The van der Waals surface area contributed by atoms with Gasteiger partial charge >= 0.3 is 0 Å². The van der Waals surface area contributed by atoms with Crippen LogP contribution < -0.4 is 14.3 Å². The van der Waals surface area contributed by atoms with Gasteiger partial charge in [0.2, 0.25) is 10.0 Å². The summed E-state index contributed by atoms with van der Waals surface area (Å²) in [7, 11) is -0.434. The van der Waals surface area contributed by atoms with Gasteiger partial charge in [-0.1, -0.05) is 32.1 Å². The summed E-state index contributed by atoms with van der Waals surface area (Å²) in [6.45, 7) is 7.93. The van der Waals surface area contributed by atoms with Crippen LogP contribution in [0.25, 0.3) is 10.2 Å². The maximum absolute atomic E-state index is 13.2. The van der Waals surface area contributed by atoms with Crippen molar-refractivity contribution in [1.29, 1.82) is 0 Å². The van der Waals surface area contributed by atoms with Gasteiger partial charge in [0.25, 0.3) is 5.91 Å². The Bertz CT molecular complexity index is 1410. The number of methoxy groups -OCH3 is 2. The lowest BCUT2D eigenvalue weighted by molar-refractivity contribution is 0.0997. The average molecular weight is 532 g/mol. The molecule has 1 saturated heterocycles. The van der Waals surface area contributed by atoms with E-state index in [4.69, 9.17) is 9.47 Å². The molecule has 10 heteroatoms. The first kappa shape index (κ1) is 26.4. The Morgan fingerprint density at radius 1 is 1.06 bits per heavy atom. The van der Waals surface area contributed by atoms with Crippen LogP contribution in [0.3, 0.4) is 0 Å². The predicted molar refractivity (Wildman–Crippen MR) is 141 cm³/mol. The van der Waals surface area contributed by atoms with Crippen LogP contribution in [0.1, 0.15) is 44.0 Å². The van der Waals surface area contributed by atoms with Gasteiger partial charge in [0.15, 0.2) is 16.3 Å². The molecule has 1 fully saturated rings. The molecule has 2 unspecified atom stereocenters. The Labute approximate surface area is 216 Å². The molecule has 3 aromatic rings. The first-order chi connectivity index (χ1) is 17.2. The van der Waals surface area contributed by atoms with E-state index in [2.05, 4.69) is 25.8 Å². The number of carbonyl (C=O) groups excluding carboxylic acids is 1. The third-order valence-electron chi connectivity index (χ3n) is 6.41. The van der Waals surface area contributed by atoms with Crippen LogP contribution in [-0.2, 0) is 16.6 Å². The topological polar surface area (TPSA) is 90.2 Å². The molecule has 0 saturated carbocycles. The molecule has 1 amide bonds. The minimum atomic E-state index is -3.61. The molecule has 1 aliphatic heterocycles. The number of aryl methyl sites for hydroxylation is 1. The standard InChI is InChI=1S/C26H33N3O5S2/c1-6-11-29-21-13-22(33-4)23(34-5)14-24(21)35-26(29)27-25(30)19-7-9-20(10-8-19)36(31,32)28-15-17(2)12-18(3)16-28/h7-10,13-14,17-18H,6,11-12,15-16H2,1-5H3.